The van der Waals surface area contributed by atoms with Crippen LogP contribution in [0.1, 0.15) is 30.7 Å². The molecule has 2 heterocycles. The van der Waals surface area contributed by atoms with Gasteiger partial charge in [0.1, 0.15) is 17.7 Å². The first-order valence-electron chi connectivity index (χ1n) is 7.19. The van der Waals surface area contributed by atoms with Gasteiger partial charge >= 0.3 is 0 Å². The molecule has 1 amide bonds. The second-order valence-electron chi connectivity index (χ2n) is 4.96. The number of primary amides is 1. The smallest absolute Gasteiger partial charge is 0.241 e. The van der Waals surface area contributed by atoms with E-state index in [1.807, 2.05) is 13.8 Å². The lowest BCUT2D eigenvalue weighted by molar-refractivity contribution is -0.119. The SMILES string of the molecule is CCc1nnc(N2CCNCC2C(N)=O)c(C#N)c1CC. The van der Waals surface area contributed by atoms with E-state index in [0.717, 1.165) is 17.7 Å². The topological polar surface area (TPSA) is 108 Å². The first kappa shape index (κ1) is 15.2. The Balaban J connectivity index is 2.52. The molecule has 7 nitrogen and oxygen atoms in total. The second kappa shape index (κ2) is 6.50. The Hall–Kier alpha value is -2.20. The molecule has 1 saturated heterocycles. The van der Waals surface area contributed by atoms with Gasteiger partial charge < -0.3 is 16.0 Å². The number of carbonyl (C=O) groups is 1. The Kier molecular flexibility index (Phi) is 4.70. The standard InChI is InChI=1S/C14H20N6O/c1-3-9-10(7-15)14(19-18-11(9)4-2)20-6-5-17-8-12(20)13(16)21/h12,17H,3-6,8H2,1-2H3,(H2,16,21). The summed E-state index contributed by atoms with van der Waals surface area (Å²) >= 11 is 0. The minimum absolute atomic E-state index is 0.425. The minimum atomic E-state index is -0.502. The van der Waals surface area contributed by atoms with Crippen molar-refractivity contribution in [3.63, 3.8) is 0 Å². The molecule has 112 valence electrons. The van der Waals surface area contributed by atoms with Gasteiger partial charge in [0.15, 0.2) is 5.82 Å². The van der Waals surface area contributed by atoms with Crippen molar-refractivity contribution in [3.05, 3.63) is 16.8 Å². The van der Waals surface area contributed by atoms with Gasteiger partial charge in [0.05, 0.1) is 5.69 Å². The van der Waals surface area contributed by atoms with Gasteiger partial charge in [0.2, 0.25) is 5.91 Å². The second-order valence-corrected chi connectivity index (χ2v) is 4.96. The lowest BCUT2D eigenvalue weighted by Crippen LogP contribution is -2.57. The maximum absolute atomic E-state index is 11.6. The number of carbonyl (C=O) groups excluding carboxylic acids is 1. The number of rotatable bonds is 4. The van der Waals surface area contributed by atoms with Crippen molar-refractivity contribution in [1.29, 1.82) is 5.26 Å². The molecule has 1 atom stereocenters. The summed E-state index contributed by atoms with van der Waals surface area (Å²) in [6.45, 7) is 5.73. The van der Waals surface area contributed by atoms with E-state index in [0.29, 0.717) is 37.4 Å². The highest BCUT2D eigenvalue weighted by Gasteiger charge is 2.31. The summed E-state index contributed by atoms with van der Waals surface area (Å²) in [5.74, 6) is 0.0438. The fourth-order valence-corrected chi connectivity index (χ4v) is 2.69. The quantitative estimate of drug-likeness (QED) is 0.790. The Morgan fingerprint density at radius 3 is 2.81 bits per heavy atom. The third-order valence-corrected chi connectivity index (χ3v) is 3.78. The Bertz CT molecular complexity index is 580. The van der Waals surface area contributed by atoms with Gasteiger partial charge in [-0.05, 0) is 18.4 Å². The number of piperazine rings is 1. The molecule has 0 aliphatic carbocycles. The highest BCUT2D eigenvalue weighted by Crippen LogP contribution is 2.25. The van der Waals surface area contributed by atoms with Crippen LogP contribution in [0.15, 0.2) is 0 Å². The van der Waals surface area contributed by atoms with E-state index in [4.69, 9.17) is 5.73 Å². The van der Waals surface area contributed by atoms with Crippen molar-refractivity contribution in [1.82, 2.24) is 15.5 Å². The number of amides is 1. The zero-order valence-electron chi connectivity index (χ0n) is 12.4. The van der Waals surface area contributed by atoms with Gasteiger partial charge in [0, 0.05) is 19.6 Å². The Morgan fingerprint density at radius 1 is 1.48 bits per heavy atom. The number of aryl methyl sites for hydroxylation is 1. The monoisotopic (exact) mass is 288 g/mol. The number of hydrogen-bond acceptors (Lipinski definition) is 6. The molecule has 1 aromatic rings. The molecular weight excluding hydrogens is 268 g/mol. The maximum Gasteiger partial charge on any atom is 0.241 e. The lowest BCUT2D eigenvalue weighted by atomic mass is 10.0. The van der Waals surface area contributed by atoms with Crippen LogP contribution in [0.25, 0.3) is 0 Å². The Labute approximate surface area is 124 Å². The van der Waals surface area contributed by atoms with Crippen molar-refractivity contribution in [2.75, 3.05) is 24.5 Å². The van der Waals surface area contributed by atoms with Gasteiger partial charge in [-0.3, -0.25) is 4.79 Å². The van der Waals surface area contributed by atoms with Gasteiger partial charge in [0.25, 0.3) is 0 Å². The predicted octanol–water partition coefficient (Wildman–Crippen LogP) is -0.263. The number of nitrogens with one attached hydrogen (secondary N) is 1. The highest BCUT2D eigenvalue weighted by atomic mass is 16.1. The molecule has 1 aliphatic heterocycles. The summed E-state index contributed by atoms with van der Waals surface area (Å²) in [7, 11) is 0. The van der Waals surface area contributed by atoms with Crippen LogP contribution in [0, 0.1) is 11.3 Å². The van der Waals surface area contributed by atoms with E-state index in [-0.39, 0.29) is 0 Å². The summed E-state index contributed by atoms with van der Waals surface area (Å²) in [4.78, 5) is 13.4. The van der Waals surface area contributed by atoms with Crippen LogP contribution in [0.3, 0.4) is 0 Å². The minimum Gasteiger partial charge on any atom is -0.368 e. The van der Waals surface area contributed by atoms with Gasteiger partial charge in [-0.25, -0.2) is 0 Å². The lowest BCUT2D eigenvalue weighted by Gasteiger charge is -2.35. The first-order chi connectivity index (χ1) is 10.1. The molecule has 0 aromatic carbocycles. The summed E-state index contributed by atoms with van der Waals surface area (Å²) in [6, 6.07) is 1.73. The molecule has 2 rings (SSSR count). The number of nitriles is 1. The molecule has 1 unspecified atom stereocenters. The fraction of sp³-hybridized carbons (Fsp3) is 0.571. The summed E-state index contributed by atoms with van der Waals surface area (Å²) in [5.41, 5.74) is 7.72. The summed E-state index contributed by atoms with van der Waals surface area (Å²) in [6.07, 6.45) is 1.44. The predicted molar refractivity (Wildman–Crippen MR) is 78.7 cm³/mol. The van der Waals surface area contributed by atoms with E-state index in [1.54, 1.807) is 4.90 Å². The summed E-state index contributed by atoms with van der Waals surface area (Å²) in [5, 5.41) is 21.1. The number of nitrogens with two attached hydrogens (primary N) is 1. The van der Waals surface area contributed by atoms with Crippen LogP contribution >= 0.6 is 0 Å². The van der Waals surface area contributed by atoms with E-state index in [1.165, 1.54) is 0 Å². The van der Waals surface area contributed by atoms with Crippen LogP contribution in [0.5, 0.6) is 0 Å². The molecule has 0 spiro atoms. The molecule has 0 saturated carbocycles. The summed E-state index contributed by atoms with van der Waals surface area (Å²) < 4.78 is 0. The van der Waals surface area contributed by atoms with Crippen molar-refractivity contribution < 1.29 is 4.79 Å². The Morgan fingerprint density at radius 2 is 2.24 bits per heavy atom. The molecule has 3 N–H and O–H groups in total. The molecule has 21 heavy (non-hydrogen) atoms. The normalized spacial score (nSPS) is 18.3. The van der Waals surface area contributed by atoms with Gasteiger partial charge in [-0.15, -0.1) is 5.10 Å². The maximum atomic E-state index is 11.6. The third-order valence-electron chi connectivity index (χ3n) is 3.78. The molecular formula is C14H20N6O. The molecule has 1 fully saturated rings. The highest BCUT2D eigenvalue weighted by molar-refractivity contribution is 5.84. The van der Waals surface area contributed by atoms with Crippen LogP contribution in [0.4, 0.5) is 5.82 Å². The van der Waals surface area contributed by atoms with Crippen LogP contribution in [-0.2, 0) is 17.6 Å². The molecule has 0 bridgehead atoms. The van der Waals surface area contributed by atoms with Crippen molar-refractivity contribution in [3.8, 4) is 6.07 Å². The average molecular weight is 288 g/mol. The average Bonchev–Trinajstić information content (AvgIpc) is 2.53. The van der Waals surface area contributed by atoms with Crippen LogP contribution < -0.4 is 16.0 Å². The van der Waals surface area contributed by atoms with E-state index < -0.39 is 11.9 Å². The van der Waals surface area contributed by atoms with Crippen molar-refractivity contribution in [2.24, 2.45) is 5.73 Å². The van der Waals surface area contributed by atoms with Gasteiger partial charge in [-0.2, -0.15) is 10.4 Å². The van der Waals surface area contributed by atoms with Crippen LogP contribution in [-0.4, -0.2) is 41.8 Å². The molecule has 1 aliphatic rings. The van der Waals surface area contributed by atoms with E-state index in [2.05, 4.69) is 21.6 Å². The zero-order valence-corrected chi connectivity index (χ0v) is 12.4. The fourth-order valence-electron chi connectivity index (χ4n) is 2.69. The number of anilines is 1. The largest absolute Gasteiger partial charge is 0.368 e. The molecule has 1 aromatic heterocycles. The third kappa shape index (κ3) is 2.81. The van der Waals surface area contributed by atoms with E-state index in [9.17, 15) is 10.1 Å². The van der Waals surface area contributed by atoms with Gasteiger partial charge in [-0.1, -0.05) is 13.8 Å². The number of hydrogen-bond donors (Lipinski definition) is 2. The molecule has 0 radical (unpaired) electrons. The van der Waals surface area contributed by atoms with E-state index >= 15 is 0 Å². The zero-order chi connectivity index (χ0) is 15.4. The number of aromatic nitrogens is 2. The van der Waals surface area contributed by atoms with Crippen molar-refractivity contribution >= 4 is 11.7 Å². The van der Waals surface area contributed by atoms with Crippen LogP contribution in [0.2, 0.25) is 0 Å². The molecule has 7 heteroatoms. The first-order valence-corrected chi connectivity index (χ1v) is 7.19. The number of nitrogens with zero attached hydrogens (tertiary/aromatic N) is 4. The van der Waals surface area contributed by atoms with Crippen molar-refractivity contribution in [2.45, 2.75) is 32.7 Å².